The van der Waals surface area contributed by atoms with Crippen LogP contribution in [0.2, 0.25) is 0 Å². The molecule has 2 saturated carbocycles. The molecule has 0 amide bonds. The maximum Gasteiger partial charge on any atom is 0.0517 e. The molecular weight excluding hydrogens is 588 g/mol. The zero-order chi connectivity index (χ0) is 29.9. The summed E-state index contributed by atoms with van der Waals surface area (Å²) < 4.78 is 1.19. The van der Waals surface area contributed by atoms with E-state index < -0.39 is 0 Å². The van der Waals surface area contributed by atoms with Gasteiger partial charge in [-0.15, -0.1) is 0 Å². The Morgan fingerprint density at radius 3 is 1.49 bits per heavy atom. The van der Waals surface area contributed by atoms with Gasteiger partial charge in [-0.2, -0.15) is 0 Å². The fraction of sp³-hybridized carbons (Fsp3) is 0.400. The molecule has 0 aromatic heterocycles. The molecule has 0 saturated heterocycles. The summed E-state index contributed by atoms with van der Waals surface area (Å²) in [5, 5.41) is 0. The highest BCUT2D eigenvalue weighted by molar-refractivity contribution is 9.10. The van der Waals surface area contributed by atoms with Gasteiger partial charge < -0.3 is 9.80 Å². The minimum Gasteiger partial charge on any atom is -0.334 e. The molecule has 2 aliphatic heterocycles. The first-order valence-corrected chi connectivity index (χ1v) is 17.1. The molecule has 0 N–H and O–H groups in total. The largest absolute Gasteiger partial charge is 0.334 e. The van der Waals surface area contributed by atoms with Gasteiger partial charge in [0.25, 0.3) is 0 Å². The molecule has 4 aromatic carbocycles. The summed E-state index contributed by atoms with van der Waals surface area (Å²) in [5.74, 6) is 0. The van der Waals surface area contributed by atoms with Gasteiger partial charge in [0.05, 0.1) is 11.1 Å². The maximum absolute atomic E-state index is 3.68. The van der Waals surface area contributed by atoms with E-state index in [1.165, 1.54) is 89.7 Å². The number of para-hydroxylation sites is 3. The van der Waals surface area contributed by atoms with Crippen molar-refractivity contribution in [3.8, 4) is 0 Å². The van der Waals surface area contributed by atoms with Crippen LogP contribution in [0, 0.1) is 0 Å². The van der Waals surface area contributed by atoms with Gasteiger partial charge in [-0.05, 0) is 99.2 Å². The quantitative estimate of drug-likeness (QED) is 0.217. The summed E-state index contributed by atoms with van der Waals surface area (Å²) in [6, 6.07) is 37.7. The zero-order valence-corrected chi connectivity index (χ0v) is 27.8. The maximum atomic E-state index is 3.68. The molecule has 2 aliphatic carbocycles. The van der Waals surface area contributed by atoms with Crippen molar-refractivity contribution < 1.29 is 0 Å². The fourth-order valence-electron chi connectivity index (χ4n) is 9.37. The molecule has 4 aromatic rings. The predicted molar refractivity (Wildman–Crippen MR) is 186 cm³/mol. The average molecular weight is 634 g/mol. The van der Waals surface area contributed by atoms with Crippen LogP contribution < -0.4 is 9.80 Å². The molecule has 4 atom stereocenters. The van der Waals surface area contributed by atoms with Crippen molar-refractivity contribution in [1.82, 2.24) is 0 Å². The summed E-state index contributed by atoms with van der Waals surface area (Å²) in [6.45, 7) is 9.89. The Bertz CT molecular complexity index is 1620. The second-order valence-corrected chi connectivity index (χ2v) is 15.1. The third-order valence-corrected chi connectivity index (χ3v) is 12.6. The molecule has 0 radical (unpaired) electrons. The molecule has 3 heteroatoms. The van der Waals surface area contributed by atoms with Gasteiger partial charge in [0, 0.05) is 38.1 Å². The van der Waals surface area contributed by atoms with E-state index in [1.54, 1.807) is 0 Å². The Hall–Kier alpha value is -3.04. The molecule has 0 bridgehead atoms. The van der Waals surface area contributed by atoms with Gasteiger partial charge in [-0.1, -0.05) is 110 Å². The molecule has 43 heavy (non-hydrogen) atoms. The smallest absolute Gasteiger partial charge is 0.0517 e. The van der Waals surface area contributed by atoms with Crippen LogP contribution in [0.3, 0.4) is 0 Å². The standard InChI is InChI=1S/C20H22BrN.C20H23N/c1-19-12-6-7-13-20(19,2)22(16-8-4-3-5-9-16)18-11-10-15(21)14-17(18)19;1-19-14-8-9-15-20(19,2)21(16-10-4-3-5-11-16)18-13-7-6-12-17(18)19/h3-5,8-11,14H,6-7,12-13H2,1-2H3;3-7,10-13H,8-9,14-15H2,1-2H3. The zero-order valence-electron chi connectivity index (χ0n) is 26.2. The van der Waals surface area contributed by atoms with E-state index >= 15 is 0 Å². The lowest BCUT2D eigenvalue weighted by Crippen LogP contribution is -2.54. The Morgan fingerprint density at radius 2 is 0.930 bits per heavy atom. The highest BCUT2D eigenvalue weighted by Gasteiger charge is 2.58. The minimum atomic E-state index is 0.162. The Balaban J connectivity index is 0.000000140. The predicted octanol–water partition coefficient (Wildman–Crippen LogP) is 11.6. The number of hydrogen-bond donors (Lipinski definition) is 0. The highest BCUT2D eigenvalue weighted by Crippen LogP contribution is 2.62. The molecule has 2 fully saturated rings. The van der Waals surface area contributed by atoms with Crippen LogP contribution in [0.15, 0.2) is 108 Å². The van der Waals surface area contributed by atoms with Crippen LogP contribution >= 0.6 is 15.9 Å². The average Bonchev–Trinajstić information content (AvgIpc) is 3.37. The van der Waals surface area contributed by atoms with Crippen molar-refractivity contribution >= 4 is 38.7 Å². The van der Waals surface area contributed by atoms with Gasteiger partial charge in [-0.25, -0.2) is 0 Å². The van der Waals surface area contributed by atoms with Gasteiger partial charge in [0.1, 0.15) is 0 Å². The normalized spacial score (nSPS) is 30.4. The van der Waals surface area contributed by atoms with Gasteiger partial charge >= 0.3 is 0 Å². The number of hydrogen-bond acceptors (Lipinski definition) is 2. The SMILES string of the molecule is CC12CCCCC1(C)N(c1ccccc1)c1ccc(Br)cc12.CC12CCCCC1(C)N(c1ccccc1)c1ccccc12. The van der Waals surface area contributed by atoms with E-state index in [9.17, 15) is 0 Å². The number of nitrogens with zero attached hydrogens (tertiary/aromatic N) is 2. The highest BCUT2D eigenvalue weighted by atomic mass is 79.9. The fourth-order valence-corrected chi connectivity index (χ4v) is 9.73. The molecule has 8 rings (SSSR count). The molecule has 0 spiro atoms. The molecule has 4 aliphatic rings. The van der Waals surface area contributed by atoms with E-state index in [1.807, 2.05) is 0 Å². The monoisotopic (exact) mass is 632 g/mol. The minimum absolute atomic E-state index is 0.162. The van der Waals surface area contributed by atoms with Crippen LogP contribution in [0.5, 0.6) is 0 Å². The summed E-state index contributed by atoms with van der Waals surface area (Å²) in [7, 11) is 0. The van der Waals surface area contributed by atoms with Crippen LogP contribution in [-0.4, -0.2) is 11.1 Å². The topological polar surface area (TPSA) is 6.48 Å². The first kappa shape index (κ1) is 28.7. The molecular formula is C40H45BrN2. The second-order valence-electron chi connectivity index (χ2n) is 14.1. The lowest BCUT2D eigenvalue weighted by atomic mass is 9.61. The van der Waals surface area contributed by atoms with Crippen LogP contribution in [-0.2, 0) is 10.8 Å². The number of rotatable bonds is 2. The van der Waals surface area contributed by atoms with E-state index in [0.29, 0.717) is 0 Å². The molecule has 222 valence electrons. The van der Waals surface area contributed by atoms with Gasteiger partial charge in [-0.3, -0.25) is 0 Å². The third kappa shape index (κ3) is 4.17. The first-order valence-electron chi connectivity index (χ1n) is 16.3. The number of anilines is 4. The molecule has 2 heterocycles. The summed E-state index contributed by atoms with van der Waals surface area (Å²) in [6.07, 6.45) is 10.4. The number of halogens is 1. The van der Waals surface area contributed by atoms with Crippen molar-refractivity contribution in [3.05, 3.63) is 119 Å². The molecule has 4 unspecified atom stereocenters. The van der Waals surface area contributed by atoms with E-state index in [0.717, 1.165) is 0 Å². The van der Waals surface area contributed by atoms with Crippen molar-refractivity contribution in [1.29, 1.82) is 0 Å². The van der Waals surface area contributed by atoms with Crippen molar-refractivity contribution in [2.24, 2.45) is 0 Å². The second kappa shape index (κ2) is 10.5. The summed E-state index contributed by atoms with van der Waals surface area (Å²) in [5.41, 5.74) is 9.34. The van der Waals surface area contributed by atoms with Crippen molar-refractivity contribution in [3.63, 3.8) is 0 Å². The first-order chi connectivity index (χ1) is 20.7. The van der Waals surface area contributed by atoms with Crippen LogP contribution in [0.1, 0.15) is 90.2 Å². The number of fused-ring (bicyclic) bond motifs is 6. The van der Waals surface area contributed by atoms with Gasteiger partial charge in [0.2, 0.25) is 0 Å². The van der Waals surface area contributed by atoms with Crippen LogP contribution in [0.25, 0.3) is 0 Å². The summed E-state index contributed by atoms with van der Waals surface area (Å²) in [4.78, 5) is 5.22. The van der Waals surface area contributed by atoms with Crippen molar-refractivity contribution in [2.45, 2.75) is 101 Å². The van der Waals surface area contributed by atoms with E-state index in [4.69, 9.17) is 0 Å². The lowest BCUT2D eigenvalue weighted by Gasteiger charge is -2.50. The van der Waals surface area contributed by atoms with E-state index in [2.05, 4.69) is 157 Å². The summed E-state index contributed by atoms with van der Waals surface area (Å²) >= 11 is 3.68. The van der Waals surface area contributed by atoms with E-state index in [-0.39, 0.29) is 21.9 Å². The number of benzene rings is 4. The molecule has 2 nitrogen and oxygen atoms in total. The lowest BCUT2D eigenvalue weighted by molar-refractivity contribution is 0.195. The Labute approximate surface area is 267 Å². The van der Waals surface area contributed by atoms with Crippen molar-refractivity contribution in [2.75, 3.05) is 9.80 Å². The van der Waals surface area contributed by atoms with Crippen LogP contribution in [0.4, 0.5) is 22.7 Å². The third-order valence-electron chi connectivity index (χ3n) is 12.1. The Morgan fingerprint density at radius 1 is 0.488 bits per heavy atom. The van der Waals surface area contributed by atoms with Gasteiger partial charge in [0.15, 0.2) is 0 Å². The Kier molecular flexibility index (Phi) is 7.04.